The highest BCUT2D eigenvalue weighted by Crippen LogP contribution is 2.32. The third-order valence-electron chi connectivity index (χ3n) is 4.15. The third kappa shape index (κ3) is 4.31. The Balaban J connectivity index is 1.81. The van der Waals surface area contributed by atoms with E-state index < -0.39 is 11.7 Å². The normalized spacial score (nSPS) is 11.2. The molecule has 3 aromatic rings. The number of nitrogens with one attached hydrogen (secondary N) is 1. The zero-order chi connectivity index (χ0) is 20.1. The van der Waals surface area contributed by atoms with Gasteiger partial charge in [0.05, 0.1) is 11.1 Å². The number of pyridine rings is 1. The van der Waals surface area contributed by atoms with E-state index in [0.717, 1.165) is 24.6 Å². The molecule has 0 radical (unpaired) electrons. The molecule has 1 N–H and O–H groups in total. The van der Waals surface area contributed by atoms with Crippen LogP contribution >= 0.6 is 0 Å². The van der Waals surface area contributed by atoms with Crippen LogP contribution in [0, 0.1) is 11.3 Å². The Morgan fingerprint density at radius 1 is 1.14 bits per heavy atom. The molecular formula is C20H18F3N5. The Bertz CT molecular complexity index is 1000. The van der Waals surface area contributed by atoms with Crippen molar-refractivity contribution in [3.63, 3.8) is 0 Å². The van der Waals surface area contributed by atoms with Crippen LogP contribution in [0.15, 0.2) is 48.7 Å². The highest BCUT2D eigenvalue weighted by Gasteiger charge is 2.32. The van der Waals surface area contributed by atoms with E-state index in [1.807, 2.05) is 13.0 Å². The Labute approximate surface area is 160 Å². The number of anilines is 1. The summed E-state index contributed by atoms with van der Waals surface area (Å²) in [4.78, 5) is 4.48. The van der Waals surface area contributed by atoms with Crippen LogP contribution in [0.4, 0.5) is 19.0 Å². The van der Waals surface area contributed by atoms with Crippen LogP contribution in [0.5, 0.6) is 0 Å². The van der Waals surface area contributed by atoms with Gasteiger partial charge in [0.2, 0.25) is 0 Å². The largest absolute Gasteiger partial charge is 0.416 e. The van der Waals surface area contributed by atoms with Crippen molar-refractivity contribution < 1.29 is 13.2 Å². The van der Waals surface area contributed by atoms with Crippen molar-refractivity contribution in [1.82, 2.24) is 14.8 Å². The molecule has 2 heterocycles. The highest BCUT2D eigenvalue weighted by atomic mass is 19.4. The van der Waals surface area contributed by atoms with Crippen molar-refractivity contribution in [2.24, 2.45) is 0 Å². The number of rotatable bonds is 6. The highest BCUT2D eigenvalue weighted by molar-refractivity contribution is 5.46. The molecule has 3 rings (SSSR count). The quantitative estimate of drug-likeness (QED) is 0.667. The Hall–Kier alpha value is -3.34. The van der Waals surface area contributed by atoms with E-state index in [4.69, 9.17) is 0 Å². The molecule has 0 atom stereocenters. The number of halogens is 3. The van der Waals surface area contributed by atoms with E-state index in [9.17, 15) is 18.4 Å². The van der Waals surface area contributed by atoms with Gasteiger partial charge in [-0.3, -0.25) is 0 Å². The van der Waals surface area contributed by atoms with E-state index in [0.29, 0.717) is 17.2 Å². The van der Waals surface area contributed by atoms with Crippen LogP contribution in [0.25, 0.3) is 5.82 Å². The average molecular weight is 385 g/mol. The first-order chi connectivity index (χ1) is 13.4. The summed E-state index contributed by atoms with van der Waals surface area (Å²) in [6, 6.07) is 12.6. The minimum atomic E-state index is -4.41. The minimum Gasteiger partial charge on any atom is -0.364 e. The number of hydrogen-bond acceptors (Lipinski definition) is 4. The molecule has 0 fully saturated rings. The second-order valence-electron chi connectivity index (χ2n) is 6.19. The van der Waals surface area contributed by atoms with E-state index >= 15 is 0 Å². The molecule has 1 aromatic carbocycles. The van der Waals surface area contributed by atoms with Crippen molar-refractivity contribution in [3.05, 3.63) is 71.0 Å². The van der Waals surface area contributed by atoms with Crippen LogP contribution in [0.3, 0.4) is 0 Å². The lowest BCUT2D eigenvalue weighted by Crippen LogP contribution is -2.12. The molecule has 0 aliphatic carbocycles. The van der Waals surface area contributed by atoms with Crippen LogP contribution in [-0.4, -0.2) is 14.8 Å². The molecule has 0 aliphatic rings. The van der Waals surface area contributed by atoms with Crippen molar-refractivity contribution in [2.75, 3.05) is 5.32 Å². The van der Waals surface area contributed by atoms with E-state index in [1.165, 1.54) is 16.8 Å². The third-order valence-corrected chi connectivity index (χ3v) is 4.15. The summed E-state index contributed by atoms with van der Waals surface area (Å²) in [5, 5.41) is 16.5. The smallest absolute Gasteiger partial charge is 0.364 e. The van der Waals surface area contributed by atoms with Gasteiger partial charge in [-0.05, 0) is 30.2 Å². The molecule has 144 valence electrons. The van der Waals surface area contributed by atoms with E-state index in [1.54, 1.807) is 24.4 Å². The lowest BCUT2D eigenvalue weighted by atomic mass is 10.1. The SMILES string of the molecule is CCCc1ccc(C#N)c(-n2ccc(NCc3ccccc3C(F)(F)F)n2)n1. The molecule has 0 spiro atoms. The molecule has 0 saturated carbocycles. The fourth-order valence-corrected chi connectivity index (χ4v) is 2.82. The number of nitriles is 1. The van der Waals surface area contributed by atoms with Gasteiger partial charge in [0.1, 0.15) is 11.9 Å². The van der Waals surface area contributed by atoms with Gasteiger partial charge in [-0.25, -0.2) is 9.67 Å². The molecule has 8 heteroatoms. The first-order valence-electron chi connectivity index (χ1n) is 8.77. The molecule has 0 bridgehead atoms. The molecule has 28 heavy (non-hydrogen) atoms. The van der Waals surface area contributed by atoms with Crippen molar-refractivity contribution in [3.8, 4) is 11.9 Å². The van der Waals surface area contributed by atoms with Gasteiger partial charge in [0.15, 0.2) is 5.82 Å². The summed E-state index contributed by atoms with van der Waals surface area (Å²) < 4.78 is 40.7. The number of aryl methyl sites for hydroxylation is 1. The van der Waals surface area contributed by atoms with Gasteiger partial charge in [-0.1, -0.05) is 31.5 Å². The lowest BCUT2D eigenvalue weighted by molar-refractivity contribution is -0.138. The van der Waals surface area contributed by atoms with E-state index in [-0.39, 0.29) is 12.1 Å². The minimum absolute atomic E-state index is 0.0267. The fourth-order valence-electron chi connectivity index (χ4n) is 2.82. The number of aromatic nitrogens is 3. The molecule has 0 aliphatic heterocycles. The van der Waals surface area contributed by atoms with Gasteiger partial charge >= 0.3 is 6.18 Å². The summed E-state index contributed by atoms with van der Waals surface area (Å²) in [5.74, 6) is 0.792. The summed E-state index contributed by atoms with van der Waals surface area (Å²) in [5.41, 5.74) is 0.672. The van der Waals surface area contributed by atoms with Gasteiger partial charge in [-0.2, -0.15) is 18.4 Å². The van der Waals surface area contributed by atoms with Crippen LogP contribution in [0.2, 0.25) is 0 Å². The second kappa shape index (κ2) is 8.13. The Morgan fingerprint density at radius 3 is 2.64 bits per heavy atom. The summed E-state index contributed by atoms with van der Waals surface area (Å²) in [7, 11) is 0. The van der Waals surface area contributed by atoms with Gasteiger partial charge < -0.3 is 5.32 Å². The van der Waals surface area contributed by atoms with Crippen LogP contribution < -0.4 is 5.32 Å². The Morgan fingerprint density at radius 2 is 1.93 bits per heavy atom. The van der Waals surface area contributed by atoms with Gasteiger partial charge in [0, 0.05) is 24.5 Å². The van der Waals surface area contributed by atoms with Crippen LogP contribution in [-0.2, 0) is 19.1 Å². The number of hydrogen-bond donors (Lipinski definition) is 1. The fraction of sp³-hybridized carbons (Fsp3) is 0.250. The van der Waals surface area contributed by atoms with Crippen LogP contribution in [0.1, 0.15) is 35.7 Å². The lowest BCUT2D eigenvalue weighted by Gasteiger charge is -2.12. The number of benzene rings is 1. The van der Waals surface area contributed by atoms with Gasteiger partial charge in [0.25, 0.3) is 0 Å². The Kier molecular flexibility index (Phi) is 5.64. The second-order valence-corrected chi connectivity index (χ2v) is 6.19. The van der Waals surface area contributed by atoms with Crippen molar-refractivity contribution in [2.45, 2.75) is 32.5 Å². The number of nitrogens with zero attached hydrogens (tertiary/aromatic N) is 4. The predicted octanol–water partition coefficient (Wildman–Crippen LogP) is 4.72. The molecule has 0 saturated heterocycles. The maximum Gasteiger partial charge on any atom is 0.416 e. The summed E-state index contributed by atoms with van der Waals surface area (Å²) >= 11 is 0. The maximum absolute atomic E-state index is 13.1. The molecule has 2 aromatic heterocycles. The van der Waals surface area contributed by atoms with Crippen molar-refractivity contribution >= 4 is 5.82 Å². The monoisotopic (exact) mass is 385 g/mol. The maximum atomic E-state index is 13.1. The van der Waals surface area contributed by atoms with Crippen molar-refractivity contribution in [1.29, 1.82) is 5.26 Å². The summed E-state index contributed by atoms with van der Waals surface area (Å²) in [6.07, 6.45) is -1.10. The summed E-state index contributed by atoms with van der Waals surface area (Å²) in [6.45, 7) is 2.01. The predicted molar refractivity (Wildman–Crippen MR) is 98.8 cm³/mol. The molecule has 5 nitrogen and oxygen atoms in total. The van der Waals surface area contributed by atoms with Gasteiger partial charge in [-0.15, -0.1) is 5.10 Å². The molecular weight excluding hydrogens is 367 g/mol. The zero-order valence-electron chi connectivity index (χ0n) is 15.2. The standard InChI is InChI=1S/C20H18F3N5/c1-2-5-16-9-8-14(12-24)19(26-16)28-11-10-18(27-28)25-13-15-6-3-4-7-17(15)20(21,22)23/h3-4,6-11H,2,5,13H2,1H3,(H,25,27). The first kappa shape index (κ1) is 19.4. The number of alkyl halides is 3. The zero-order valence-corrected chi connectivity index (χ0v) is 15.2. The molecule has 0 unspecified atom stereocenters. The van der Waals surface area contributed by atoms with E-state index in [2.05, 4.69) is 21.5 Å². The topological polar surface area (TPSA) is 66.5 Å². The first-order valence-corrected chi connectivity index (χ1v) is 8.77. The molecule has 0 amide bonds. The average Bonchev–Trinajstić information content (AvgIpc) is 3.15.